The molecule has 0 spiro atoms. The number of pyridine rings is 1. The van der Waals surface area contributed by atoms with Gasteiger partial charge >= 0.3 is 0 Å². The molecule has 5 rings (SSSR count). The molecule has 33 heavy (non-hydrogen) atoms. The summed E-state index contributed by atoms with van der Waals surface area (Å²) in [6, 6.07) is 8.63. The molecule has 1 aromatic heterocycles. The fourth-order valence-corrected chi connectivity index (χ4v) is 5.81. The smallest absolute Gasteiger partial charge is 0.286 e. The van der Waals surface area contributed by atoms with E-state index in [1.165, 1.54) is 6.07 Å². The predicted octanol–water partition coefficient (Wildman–Crippen LogP) is 2.33. The van der Waals surface area contributed by atoms with Crippen LogP contribution in [-0.2, 0) is 21.3 Å². The fraction of sp³-hybridized carbons (Fsp3) is 0.435. The first-order valence-electron chi connectivity index (χ1n) is 11.3. The predicted molar refractivity (Wildman–Crippen MR) is 125 cm³/mol. The van der Waals surface area contributed by atoms with Crippen LogP contribution in [0.15, 0.2) is 45.8 Å². The summed E-state index contributed by atoms with van der Waals surface area (Å²) in [6.45, 7) is 3.81. The van der Waals surface area contributed by atoms with E-state index in [1.54, 1.807) is 18.3 Å². The van der Waals surface area contributed by atoms with E-state index in [0.717, 1.165) is 50.3 Å². The van der Waals surface area contributed by atoms with E-state index in [9.17, 15) is 13.2 Å². The third-order valence-electron chi connectivity index (χ3n) is 6.23. The first-order valence-corrected chi connectivity index (χ1v) is 12.8. The Morgan fingerprint density at radius 2 is 1.94 bits per heavy atom. The molecule has 0 radical (unpaired) electrons. The Labute approximate surface area is 193 Å². The number of ether oxygens (including phenoxy) is 1. The van der Waals surface area contributed by atoms with Crippen LogP contribution < -0.4 is 15.1 Å². The number of nitrogens with zero attached hydrogens (tertiary/aromatic N) is 4. The number of anilines is 2. The molecule has 174 valence electrons. The molecule has 2 saturated heterocycles. The average molecular weight is 470 g/mol. The summed E-state index contributed by atoms with van der Waals surface area (Å²) in [5.41, 5.74) is 1.81. The molecule has 0 bridgehead atoms. The van der Waals surface area contributed by atoms with Crippen LogP contribution in [0.25, 0.3) is 0 Å². The summed E-state index contributed by atoms with van der Waals surface area (Å²) in [5.74, 6) is 1.09. The first-order chi connectivity index (χ1) is 16.0. The zero-order valence-corrected chi connectivity index (χ0v) is 19.2. The molecule has 3 aliphatic rings. The number of amidine groups is 1. The topological polar surface area (TPSA) is 104 Å². The number of benzene rings is 1. The molecular weight excluding hydrogens is 442 g/mol. The lowest BCUT2D eigenvalue weighted by molar-refractivity contribution is 0.0950. The largest absolute Gasteiger partial charge is 0.378 e. The minimum atomic E-state index is -3.84. The molecule has 1 amide bonds. The molecule has 3 aliphatic heterocycles. The molecular formula is C23H27N5O4S. The lowest BCUT2D eigenvalue weighted by Gasteiger charge is -2.30. The van der Waals surface area contributed by atoms with Crippen molar-refractivity contribution in [2.45, 2.75) is 37.1 Å². The van der Waals surface area contributed by atoms with Gasteiger partial charge in [0, 0.05) is 49.9 Å². The molecule has 2 aromatic rings. The maximum absolute atomic E-state index is 12.9. The number of fused-ring (bicyclic) bond motifs is 3. The zero-order valence-electron chi connectivity index (χ0n) is 18.4. The molecule has 9 nitrogen and oxygen atoms in total. The monoisotopic (exact) mass is 469 g/mol. The van der Waals surface area contributed by atoms with E-state index in [1.807, 2.05) is 17.0 Å². The van der Waals surface area contributed by atoms with Crippen molar-refractivity contribution in [1.82, 2.24) is 10.3 Å². The minimum absolute atomic E-state index is 0.0937. The van der Waals surface area contributed by atoms with Crippen molar-refractivity contribution in [1.29, 1.82) is 0 Å². The van der Waals surface area contributed by atoms with Crippen molar-refractivity contribution in [2.75, 3.05) is 42.6 Å². The van der Waals surface area contributed by atoms with Gasteiger partial charge in [0.1, 0.15) is 16.5 Å². The van der Waals surface area contributed by atoms with Crippen LogP contribution in [0.2, 0.25) is 0 Å². The van der Waals surface area contributed by atoms with Crippen LogP contribution in [0, 0.1) is 0 Å². The molecule has 0 saturated carbocycles. The normalized spacial score (nSPS) is 19.7. The number of sulfonamides is 1. The van der Waals surface area contributed by atoms with Gasteiger partial charge in [0.05, 0.1) is 18.9 Å². The van der Waals surface area contributed by atoms with Gasteiger partial charge in [-0.05, 0) is 37.1 Å². The molecule has 0 atom stereocenters. The second-order valence-corrected chi connectivity index (χ2v) is 9.97. The Kier molecular flexibility index (Phi) is 6.03. The highest BCUT2D eigenvalue weighted by Crippen LogP contribution is 2.35. The highest BCUT2D eigenvalue weighted by molar-refractivity contribution is 7.90. The van der Waals surface area contributed by atoms with Crippen LogP contribution in [0.4, 0.5) is 11.5 Å². The minimum Gasteiger partial charge on any atom is -0.378 e. The number of aromatic nitrogens is 1. The van der Waals surface area contributed by atoms with E-state index in [4.69, 9.17) is 4.74 Å². The van der Waals surface area contributed by atoms with Gasteiger partial charge in [-0.1, -0.05) is 12.5 Å². The van der Waals surface area contributed by atoms with Crippen molar-refractivity contribution in [2.24, 2.45) is 4.40 Å². The van der Waals surface area contributed by atoms with Crippen LogP contribution >= 0.6 is 0 Å². The summed E-state index contributed by atoms with van der Waals surface area (Å²) in [4.78, 5) is 21.6. The maximum atomic E-state index is 12.9. The fourth-order valence-electron chi connectivity index (χ4n) is 4.53. The van der Waals surface area contributed by atoms with Gasteiger partial charge in [-0.2, -0.15) is 8.42 Å². The van der Waals surface area contributed by atoms with Gasteiger partial charge in [-0.3, -0.25) is 4.79 Å². The number of hydrogen-bond donors (Lipinski definition) is 1. The third kappa shape index (κ3) is 4.45. The van der Waals surface area contributed by atoms with Crippen molar-refractivity contribution < 1.29 is 17.9 Å². The molecule has 0 aliphatic carbocycles. The summed E-state index contributed by atoms with van der Waals surface area (Å²) in [6.07, 6.45) is 5.35. The van der Waals surface area contributed by atoms with Gasteiger partial charge in [-0.25, -0.2) is 4.98 Å². The van der Waals surface area contributed by atoms with Crippen molar-refractivity contribution in [3.05, 3.63) is 47.7 Å². The lowest BCUT2D eigenvalue weighted by Crippen LogP contribution is -2.38. The van der Waals surface area contributed by atoms with E-state index < -0.39 is 10.0 Å². The number of carbonyl (C=O) groups excluding carboxylic acids is 1. The molecule has 10 heteroatoms. The van der Waals surface area contributed by atoms with E-state index in [2.05, 4.69) is 19.6 Å². The number of rotatable bonds is 4. The summed E-state index contributed by atoms with van der Waals surface area (Å²) in [5, 5.41) is 2.91. The van der Waals surface area contributed by atoms with E-state index in [-0.39, 0.29) is 17.3 Å². The second-order valence-electron chi connectivity index (χ2n) is 8.40. The SMILES string of the molecule is O=C(NCc1cccnc1N1CCOCC1)c1ccc2c(c1)S(=O)(=O)N=C1CCCCCN12. The number of nitrogens with one attached hydrogen (secondary N) is 1. The maximum Gasteiger partial charge on any atom is 0.286 e. The number of carbonyl (C=O) groups is 1. The Bertz CT molecular complexity index is 1190. The summed E-state index contributed by atoms with van der Waals surface area (Å²) < 4.78 is 35.2. The van der Waals surface area contributed by atoms with Gasteiger partial charge < -0.3 is 19.9 Å². The van der Waals surface area contributed by atoms with Crippen LogP contribution in [-0.4, -0.2) is 58.0 Å². The highest BCUT2D eigenvalue weighted by Gasteiger charge is 2.32. The Morgan fingerprint density at radius 1 is 1.09 bits per heavy atom. The van der Waals surface area contributed by atoms with Crippen LogP contribution in [0.3, 0.4) is 0 Å². The van der Waals surface area contributed by atoms with Gasteiger partial charge in [0.2, 0.25) is 0 Å². The van der Waals surface area contributed by atoms with Gasteiger partial charge in [-0.15, -0.1) is 4.40 Å². The van der Waals surface area contributed by atoms with Crippen molar-refractivity contribution in [3.8, 4) is 0 Å². The Balaban J connectivity index is 1.36. The molecule has 4 heterocycles. The van der Waals surface area contributed by atoms with E-state index in [0.29, 0.717) is 36.7 Å². The standard InChI is InChI=1S/C23H27N5O4S/c29-23(25-16-18-5-4-9-24-22(18)27-11-13-32-14-12-27)17-7-8-19-20(15-17)33(30,31)26-21-6-2-1-3-10-28(19)21/h4-5,7-9,15H,1-3,6,10-14,16H2,(H,25,29). The average Bonchev–Trinajstić information content (AvgIpc) is 3.08. The van der Waals surface area contributed by atoms with Crippen LogP contribution in [0.1, 0.15) is 41.6 Å². The van der Waals surface area contributed by atoms with Gasteiger partial charge in [0.25, 0.3) is 15.9 Å². The quantitative estimate of drug-likeness (QED) is 0.733. The van der Waals surface area contributed by atoms with Crippen molar-refractivity contribution in [3.63, 3.8) is 0 Å². The third-order valence-corrected chi connectivity index (χ3v) is 7.56. The molecule has 1 N–H and O–H groups in total. The second kappa shape index (κ2) is 9.11. The summed E-state index contributed by atoms with van der Waals surface area (Å²) in [7, 11) is -3.84. The Hall–Kier alpha value is -2.98. The molecule has 1 aromatic carbocycles. The van der Waals surface area contributed by atoms with Crippen LogP contribution in [0.5, 0.6) is 0 Å². The van der Waals surface area contributed by atoms with Gasteiger partial charge in [0.15, 0.2) is 0 Å². The highest BCUT2D eigenvalue weighted by atomic mass is 32.2. The molecule has 2 fully saturated rings. The van der Waals surface area contributed by atoms with E-state index >= 15 is 0 Å². The summed E-state index contributed by atoms with van der Waals surface area (Å²) >= 11 is 0. The number of morpholine rings is 1. The number of amides is 1. The molecule has 0 unspecified atom stereocenters. The Morgan fingerprint density at radius 3 is 2.79 bits per heavy atom. The first kappa shape index (κ1) is 21.8. The lowest BCUT2D eigenvalue weighted by atomic mass is 10.1. The van der Waals surface area contributed by atoms with Crippen molar-refractivity contribution >= 4 is 33.3 Å². The zero-order chi connectivity index (χ0) is 22.8. The number of hydrogen-bond acceptors (Lipinski definition) is 7.